The summed E-state index contributed by atoms with van der Waals surface area (Å²) < 4.78 is 11.6. The van der Waals surface area contributed by atoms with Crippen LogP contribution in [0.5, 0.6) is 11.5 Å². The molecule has 3 aromatic carbocycles. The van der Waals surface area contributed by atoms with E-state index in [-0.39, 0.29) is 18.2 Å². The number of benzene rings is 3. The van der Waals surface area contributed by atoms with Crippen molar-refractivity contribution in [1.29, 1.82) is 0 Å². The SMILES string of the molecule is COc1ccc2c(c1)N(C)C(=O)[C@@H](NC(=O)[C@H](C)NC(=O)Cc1ccc(N=NN)cc1)[C@@H](c1ccccc1)O2. The van der Waals surface area contributed by atoms with Gasteiger partial charge in [0.05, 0.1) is 24.9 Å². The molecule has 0 saturated carbocycles. The molecule has 3 aromatic rings. The highest BCUT2D eigenvalue weighted by atomic mass is 16.5. The lowest BCUT2D eigenvalue weighted by Gasteiger charge is -2.28. The molecule has 4 N–H and O–H groups in total. The maximum atomic E-state index is 13.7. The molecule has 0 bridgehead atoms. The molecule has 0 saturated heterocycles. The van der Waals surface area contributed by atoms with Gasteiger partial charge in [-0.2, -0.15) is 0 Å². The van der Waals surface area contributed by atoms with Crippen LogP contribution in [0.2, 0.25) is 0 Å². The van der Waals surface area contributed by atoms with Crippen LogP contribution < -0.4 is 30.8 Å². The van der Waals surface area contributed by atoms with Gasteiger partial charge in [-0.25, -0.2) is 0 Å². The molecule has 0 radical (unpaired) electrons. The molecular formula is C28H30N6O5. The van der Waals surface area contributed by atoms with Crippen LogP contribution in [-0.4, -0.2) is 44.0 Å². The summed E-state index contributed by atoms with van der Waals surface area (Å²) in [6.45, 7) is 1.56. The number of rotatable bonds is 8. The number of likely N-dealkylation sites (N-methyl/N-ethyl adjacent to an activating group) is 1. The van der Waals surface area contributed by atoms with Gasteiger partial charge in [-0.15, -0.1) is 5.11 Å². The van der Waals surface area contributed by atoms with E-state index in [0.717, 1.165) is 5.56 Å². The summed E-state index contributed by atoms with van der Waals surface area (Å²) in [6, 6.07) is 19.2. The summed E-state index contributed by atoms with van der Waals surface area (Å²) in [5.74, 6) is 4.82. The Hall–Kier alpha value is -4.93. The van der Waals surface area contributed by atoms with E-state index < -0.39 is 24.1 Å². The summed E-state index contributed by atoms with van der Waals surface area (Å²) in [7, 11) is 3.15. The molecule has 0 aliphatic carbocycles. The topological polar surface area (TPSA) is 148 Å². The van der Waals surface area contributed by atoms with Crippen molar-refractivity contribution in [3.05, 3.63) is 83.9 Å². The number of carbonyl (C=O) groups excluding carboxylic acids is 3. The fourth-order valence-electron chi connectivity index (χ4n) is 4.26. The van der Waals surface area contributed by atoms with E-state index in [0.29, 0.717) is 28.4 Å². The lowest BCUT2D eigenvalue weighted by atomic mass is 10.0. The Morgan fingerprint density at radius 2 is 1.82 bits per heavy atom. The second-order valence-corrected chi connectivity index (χ2v) is 9.01. The molecule has 1 aliphatic heterocycles. The van der Waals surface area contributed by atoms with E-state index in [1.807, 2.05) is 30.3 Å². The molecule has 3 atom stereocenters. The Labute approximate surface area is 226 Å². The Kier molecular flexibility index (Phi) is 8.40. The summed E-state index contributed by atoms with van der Waals surface area (Å²) in [5, 5.41) is 12.4. The van der Waals surface area contributed by atoms with E-state index in [4.69, 9.17) is 15.3 Å². The van der Waals surface area contributed by atoms with Crippen molar-refractivity contribution >= 4 is 29.1 Å². The third-order valence-corrected chi connectivity index (χ3v) is 6.35. The van der Waals surface area contributed by atoms with Gasteiger partial charge in [0.25, 0.3) is 5.91 Å². The van der Waals surface area contributed by atoms with E-state index in [1.165, 1.54) is 12.0 Å². The monoisotopic (exact) mass is 530 g/mol. The van der Waals surface area contributed by atoms with Crippen LogP contribution in [0.15, 0.2) is 83.1 Å². The zero-order chi connectivity index (χ0) is 27.9. The minimum absolute atomic E-state index is 0.0512. The summed E-state index contributed by atoms with van der Waals surface area (Å²) in [6.07, 6.45) is -0.762. The van der Waals surface area contributed by atoms with Crippen molar-refractivity contribution in [2.75, 3.05) is 19.1 Å². The van der Waals surface area contributed by atoms with Crippen LogP contribution in [0, 0.1) is 0 Å². The Bertz CT molecular complexity index is 1360. The second-order valence-electron chi connectivity index (χ2n) is 9.01. The van der Waals surface area contributed by atoms with Crippen LogP contribution in [-0.2, 0) is 20.8 Å². The third-order valence-electron chi connectivity index (χ3n) is 6.35. The highest BCUT2D eigenvalue weighted by Crippen LogP contribution is 2.39. The molecule has 4 rings (SSSR count). The van der Waals surface area contributed by atoms with E-state index in [9.17, 15) is 14.4 Å². The van der Waals surface area contributed by atoms with Crippen molar-refractivity contribution < 1.29 is 23.9 Å². The van der Waals surface area contributed by atoms with Crippen molar-refractivity contribution in [3.63, 3.8) is 0 Å². The van der Waals surface area contributed by atoms with Gasteiger partial charge < -0.3 is 30.8 Å². The summed E-state index contributed by atoms with van der Waals surface area (Å²) in [4.78, 5) is 41.0. The number of methoxy groups -OCH3 is 1. The molecule has 11 nitrogen and oxygen atoms in total. The van der Waals surface area contributed by atoms with Crippen LogP contribution >= 0.6 is 0 Å². The zero-order valence-electron chi connectivity index (χ0n) is 21.8. The second kappa shape index (κ2) is 12.1. The maximum Gasteiger partial charge on any atom is 0.253 e. The number of hydrogen-bond donors (Lipinski definition) is 3. The largest absolute Gasteiger partial charge is 0.497 e. The predicted molar refractivity (Wildman–Crippen MR) is 145 cm³/mol. The lowest BCUT2D eigenvalue weighted by molar-refractivity contribution is -0.132. The van der Waals surface area contributed by atoms with E-state index >= 15 is 0 Å². The highest BCUT2D eigenvalue weighted by Gasteiger charge is 2.40. The first-order valence-corrected chi connectivity index (χ1v) is 12.3. The predicted octanol–water partition coefficient (Wildman–Crippen LogP) is 2.98. The highest BCUT2D eigenvalue weighted by molar-refractivity contribution is 6.02. The number of nitrogens with two attached hydrogens (primary N) is 1. The average Bonchev–Trinajstić information content (AvgIpc) is 3.04. The Morgan fingerprint density at radius 1 is 1.10 bits per heavy atom. The smallest absolute Gasteiger partial charge is 0.253 e. The maximum absolute atomic E-state index is 13.7. The van der Waals surface area contributed by atoms with E-state index in [1.54, 1.807) is 56.4 Å². The fraction of sp³-hybridized carbons (Fsp3) is 0.250. The fourth-order valence-corrected chi connectivity index (χ4v) is 4.26. The standard InChI is InChI=1S/C28H30N6O5/c1-17(30-24(35)15-18-9-11-20(12-10-18)32-33-29)27(36)31-25-26(19-7-5-4-6-8-19)39-23-14-13-21(38-3)16-22(23)34(2)28(25)37/h4-14,16-17,25-26H,15H2,1-3H3,(H2,29,32)(H,30,35)(H,31,36)/t17-,25-,26+/m0/s1. The number of anilines is 1. The van der Waals surface area contributed by atoms with Gasteiger partial charge >= 0.3 is 0 Å². The van der Waals surface area contributed by atoms with Crippen molar-refractivity contribution in [3.8, 4) is 11.5 Å². The molecule has 3 amide bonds. The van der Waals surface area contributed by atoms with Crippen LogP contribution in [0.25, 0.3) is 0 Å². The molecular weight excluding hydrogens is 500 g/mol. The average molecular weight is 531 g/mol. The molecule has 0 spiro atoms. The summed E-state index contributed by atoms with van der Waals surface area (Å²) >= 11 is 0. The minimum Gasteiger partial charge on any atom is -0.497 e. The molecule has 202 valence electrons. The number of carbonyl (C=O) groups is 3. The Morgan fingerprint density at radius 3 is 2.49 bits per heavy atom. The van der Waals surface area contributed by atoms with Crippen molar-refractivity contribution in [1.82, 2.24) is 10.6 Å². The molecule has 39 heavy (non-hydrogen) atoms. The van der Waals surface area contributed by atoms with Gasteiger partial charge in [0.1, 0.15) is 23.6 Å². The first kappa shape index (κ1) is 27.1. The molecule has 0 unspecified atom stereocenters. The minimum atomic E-state index is -1.06. The number of ether oxygens (including phenoxy) is 2. The first-order chi connectivity index (χ1) is 18.8. The van der Waals surface area contributed by atoms with Gasteiger partial charge in [0.2, 0.25) is 11.8 Å². The number of fused-ring (bicyclic) bond motifs is 1. The Balaban J connectivity index is 1.51. The molecule has 0 fully saturated rings. The molecule has 11 heteroatoms. The van der Waals surface area contributed by atoms with Gasteiger partial charge in [0.15, 0.2) is 6.10 Å². The number of nitrogens with zero attached hydrogens (tertiary/aromatic N) is 3. The first-order valence-electron chi connectivity index (χ1n) is 12.3. The van der Waals surface area contributed by atoms with Gasteiger partial charge in [-0.3, -0.25) is 14.4 Å². The van der Waals surface area contributed by atoms with Crippen LogP contribution in [0.4, 0.5) is 11.4 Å². The quantitative estimate of drug-likeness (QED) is 0.232. The summed E-state index contributed by atoms with van der Waals surface area (Å²) in [5.41, 5.74) is 2.51. The lowest BCUT2D eigenvalue weighted by Crippen LogP contribution is -2.55. The van der Waals surface area contributed by atoms with Crippen LogP contribution in [0.3, 0.4) is 0 Å². The zero-order valence-corrected chi connectivity index (χ0v) is 21.8. The number of amides is 3. The normalized spacial score (nSPS) is 17.5. The van der Waals surface area contributed by atoms with Gasteiger partial charge in [-0.1, -0.05) is 47.7 Å². The van der Waals surface area contributed by atoms with Gasteiger partial charge in [0, 0.05) is 13.1 Å². The van der Waals surface area contributed by atoms with E-state index in [2.05, 4.69) is 21.0 Å². The number of nitrogens with one attached hydrogen (secondary N) is 2. The third kappa shape index (κ3) is 6.32. The van der Waals surface area contributed by atoms with Crippen molar-refractivity contribution in [2.45, 2.75) is 31.5 Å². The van der Waals surface area contributed by atoms with Gasteiger partial charge in [-0.05, 0) is 42.3 Å². The molecule has 1 aliphatic rings. The number of hydrogen-bond acceptors (Lipinski definition) is 7. The van der Waals surface area contributed by atoms with Crippen LogP contribution in [0.1, 0.15) is 24.2 Å². The molecule has 1 heterocycles. The molecule has 0 aromatic heterocycles. The van der Waals surface area contributed by atoms with Crippen molar-refractivity contribution in [2.24, 2.45) is 16.2 Å².